The van der Waals surface area contributed by atoms with Gasteiger partial charge in [-0.25, -0.2) is 8.42 Å². The van der Waals surface area contributed by atoms with Crippen molar-refractivity contribution in [1.29, 1.82) is 0 Å². The van der Waals surface area contributed by atoms with Gasteiger partial charge in [-0.1, -0.05) is 0 Å². The van der Waals surface area contributed by atoms with Crippen molar-refractivity contribution in [3.63, 3.8) is 0 Å². The summed E-state index contributed by atoms with van der Waals surface area (Å²) in [6.07, 6.45) is 2.54. The number of nitrogens with zero attached hydrogens (tertiary/aromatic N) is 2. The highest BCUT2D eigenvalue weighted by atomic mass is 32.2. The van der Waals surface area contributed by atoms with Gasteiger partial charge >= 0.3 is 0 Å². The first kappa shape index (κ1) is 10.7. The second-order valence-corrected chi connectivity index (χ2v) is 5.04. The topological polar surface area (TPSA) is 104 Å². The molecule has 0 aliphatic rings. The molecule has 16 heavy (non-hydrogen) atoms. The Bertz CT molecular complexity index is 584. The average Bonchev–Trinajstić information content (AvgIpc) is 2.83. The SMILES string of the molecule is Cc1[nH]nc(NS(=O)(=O)c2cn[nH]c2)c1C. The standard InChI is InChI=1S/C8H11N5O2S/c1-5-6(2)11-12-8(5)13-16(14,15)7-3-9-10-4-7/h3-4H,1-2H3,(H,9,10)(H2,11,12,13). The molecule has 0 amide bonds. The van der Waals surface area contributed by atoms with Gasteiger partial charge in [-0.2, -0.15) is 10.2 Å². The van der Waals surface area contributed by atoms with E-state index in [2.05, 4.69) is 25.1 Å². The molecular weight excluding hydrogens is 230 g/mol. The minimum atomic E-state index is -3.61. The molecule has 0 saturated carbocycles. The maximum atomic E-state index is 11.8. The van der Waals surface area contributed by atoms with Gasteiger partial charge in [0, 0.05) is 17.5 Å². The number of hydrogen-bond acceptors (Lipinski definition) is 4. The summed E-state index contributed by atoms with van der Waals surface area (Å²) < 4.78 is 26.0. The number of aryl methyl sites for hydroxylation is 1. The van der Waals surface area contributed by atoms with Gasteiger partial charge in [0.2, 0.25) is 0 Å². The lowest BCUT2D eigenvalue weighted by Crippen LogP contribution is -2.13. The Balaban J connectivity index is 2.32. The lowest BCUT2D eigenvalue weighted by Gasteiger charge is -2.03. The minimum absolute atomic E-state index is 0.0764. The number of aromatic nitrogens is 4. The third kappa shape index (κ3) is 1.78. The van der Waals surface area contributed by atoms with Crippen LogP contribution in [0.4, 0.5) is 5.82 Å². The molecule has 7 nitrogen and oxygen atoms in total. The van der Waals surface area contributed by atoms with E-state index in [1.165, 1.54) is 12.4 Å². The number of H-pyrrole nitrogens is 2. The Labute approximate surface area is 92.3 Å². The Morgan fingerprint density at radius 1 is 1.38 bits per heavy atom. The van der Waals surface area contributed by atoms with Gasteiger partial charge < -0.3 is 0 Å². The van der Waals surface area contributed by atoms with E-state index in [9.17, 15) is 8.42 Å². The first-order valence-corrected chi connectivity index (χ1v) is 6.02. The predicted octanol–water partition coefficient (Wildman–Crippen LogP) is 0.550. The highest BCUT2D eigenvalue weighted by Gasteiger charge is 2.18. The average molecular weight is 241 g/mol. The van der Waals surface area contributed by atoms with Gasteiger partial charge in [0.05, 0.1) is 6.20 Å². The van der Waals surface area contributed by atoms with Crippen LogP contribution >= 0.6 is 0 Å². The van der Waals surface area contributed by atoms with E-state index in [1.54, 1.807) is 6.92 Å². The highest BCUT2D eigenvalue weighted by Crippen LogP contribution is 2.18. The van der Waals surface area contributed by atoms with Crippen LogP contribution in [0.1, 0.15) is 11.3 Å². The fourth-order valence-electron chi connectivity index (χ4n) is 1.16. The summed E-state index contributed by atoms with van der Waals surface area (Å²) in [5.41, 5.74) is 1.59. The molecule has 86 valence electrons. The van der Waals surface area contributed by atoms with Crippen LogP contribution in [0.2, 0.25) is 0 Å². The highest BCUT2D eigenvalue weighted by molar-refractivity contribution is 7.92. The van der Waals surface area contributed by atoms with Gasteiger partial charge in [0.25, 0.3) is 10.0 Å². The van der Waals surface area contributed by atoms with Crippen molar-refractivity contribution in [2.45, 2.75) is 18.7 Å². The summed E-state index contributed by atoms with van der Waals surface area (Å²) in [7, 11) is -3.61. The zero-order chi connectivity index (χ0) is 11.8. The van der Waals surface area contributed by atoms with Crippen LogP contribution in [0.25, 0.3) is 0 Å². The lowest BCUT2D eigenvalue weighted by atomic mass is 10.3. The van der Waals surface area contributed by atoms with Crippen LogP contribution in [0, 0.1) is 13.8 Å². The van der Waals surface area contributed by atoms with E-state index in [-0.39, 0.29) is 4.90 Å². The van der Waals surface area contributed by atoms with Crippen molar-refractivity contribution in [1.82, 2.24) is 20.4 Å². The molecule has 0 aliphatic heterocycles. The quantitative estimate of drug-likeness (QED) is 0.730. The summed E-state index contributed by atoms with van der Waals surface area (Å²) in [6.45, 7) is 3.60. The molecule has 3 N–H and O–H groups in total. The maximum Gasteiger partial charge on any atom is 0.266 e. The molecule has 0 unspecified atom stereocenters. The molecule has 2 rings (SSSR count). The van der Waals surface area contributed by atoms with Crippen molar-refractivity contribution >= 4 is 15.8 Å². The molecule has 8 heteroatoms. The molecule has 2 heterocycles. The lowest BCUT2D eigenvalue weighted by molar-refractivity contribution is 0.601. The van der Waals surface area contributed by atoms with E-state index < -0.39 is 10.0 Å². The molecule has 0 aliphatic carbocycles. The first-order valence-electron chi connectivity index (χ1n) is 4.54. The second-order valence-electron chi connectivity index (χ2n) is 3.36. The van der Waals surface area contributed by atoms with E-state index in [1.807, 2.05) is 6.92 Å². The maximum absolute atomic E-state index is 11.8. The van der Waals surface area contributed by atoms with Crippen molar-refractivity contribution in [2.75, 3.05) is 4.72 Å². The number of hydrogen-bond donors (Lipinski definition) is 3. The fourth-order valence-corrected chi connectivity index (χ4v) is 2.13. The molecule has 0 spiro atoms. The van der Waals surface area contributed by atoms with Crippen LogP contribution in [0.3, 0.4) is 0 Å². The molecular formula is C8H11N5O2S. The molecule has 0 radical (unpaired) electrons. The Morgan fingerprint density at radius 3 is 2.62 bits per heavy atom. The van der Waals surface area contributed by atoms with Gasteiger partial charge in [-0.3, -0.25) is 14.9 Å². The number of aromatic amines is 2. The summed E-state index contributed by atoms with van der Waals surface area (Å²) in [5.74, 6) is 0.304. The van der Waals surface area contributed by atoms with Crippen LogP contribution in [0.15, 0.2) is 17.3 Å². The van der Waals surface area contributed by atoms with Crippen LogP contribution in [0.5, 0.6) is 0 Å². The largest absolute Gasteiger partial charge is 0.284 e. The van der Waals surface area contributed by atoms with Gasteiger partial charge in [0.15, 0.2) is 5.82 Å². The summed E-state index contributed by atoms with van der Waals surface area (Å²) in [5, 5.41) is 12.6. The molecule has 2 aromatic heterocycles. The van der Waals surface area contributed by atoms with Crippen LogP contribution < -0.4 is 4.72 Å². The summed E-state index contributed by atoms with van der Waals surface area (Å²) in [6, 6.07) is 0. The first-order chi connectivity index (χ1) is 7.50. The predicted molar refractivity (Wildman–Crippen MR) is 57.5 cm³/mol. The third-order valence-corrected chi connectivity index (χ3v) is 3.57. The zero-order valence-electron chi connectivity index (χ0n) is 8.77. The number of nitrogens with one attached hydrogen (secondary N) is 3. The third-order valence-electron chi connectivity index (χ3n) is 2.27. The molecule has 0 fully saturated rings. The van der Waals surface area contributed by atoms with Crippen molar-refractivity contribution in [3.8, 4) is 0 Å². The van der Waals surface area contributed by atoms with E-state index >= 15 is 0 Å². The van der Waals surface area contributed by atoms with E-state index in [0.29, 0.717) is 5.82 Å². The number of anilines is 1. The Kier molecular flexibility index (Phi) is 2.43. The fraction of sp³-hybridized carbons (Fsp3) is 0.250. The molecule has 0 saturated heterocycles. The Hall–Kier alpha value is -1.83. The zero-order valence-corrected chi connectivity index (χ0v) is 9.59. The Morgan fingerprint density at radius 2 is 2.12 bits per heavy atom. The van der Waals surface area contributed by atoms with E-state index in [4.69, 9.17) is 0 Å². The van der Waals surface area contributed by atoms with Crippen LogP contribution in [-0.2, 0) is 10.0 Å². The van der Waals surface area contributed by atoms with Crippen molar-refractivity contribution < 1.29 is 8.42 Å². The number of rotatable bonds is 3. The van der Waals surface area contributed by atoms with Crippen LogP contribution in [-0.4, -0.2) is 28.8 Å². The summed E-state index contributed by atoms with van der Waals surface area (Å²) >= 11 is 0. The molecule has 2 aromatic rings. The molecule has 0 atom stereocenters. The monoisotopic (exact) mass is 241 g/mol. The summed E-state index contributed by atoms with van der Waals surface area (Å²) in [4.78, 5) is 0.0764. The number of sulfonamides is 1. The van der Waals surface area contributed by atoms with E-state index in [0.717, 1.165) is 11.3 Å². The van der Waals surface area contributed by atoms with Gasteiger partial charge in [-0.15, -0.1) is 0 Å². The second kappa shape index (κ2) is 3.63. The van der Waals surface area contributed by atoms with Crippen molar-refractivity contribution in [3.05, 3.63) is 23.7 Å². The van der Waals surface area contributed by atoms with Crippen molar-refractivity contribution in [2.24, 2.45) is 0 Å². The smallest absolute Gasteiger partial charge is 0.266 e. The molecule has 0 bridgehead atoms. The van der Waals surface area contributed by atoms with Gasteiger partial charge in [0.1, 0.15) is 4.90 Å². The molecule has 0 aromatic carbocycles. The minimum Gasteiger partial charge on any atom is -0.284 e. The van der Waals surface area contributed by atoms with Gasteiger partial charge in [-0.05, 0) is 13.8 Å². The normalized spacial score (nSPS) is 11.6.